The normalized spacial score (nSPS) is 11.3. The lowest BCUT2D eigenvalue weighted by atomic mass is 10.2. The first-order valence-electron chi connectivity index (χ1n) is 13.5. The summed E-state index contributed by atoms with van der Waals surface area (Å²) in [7, 11) is 0. The van der Waals surface area contributed by atoms with Crippen LogP contribution in [0.4, 0.5) is 5.69 Å². The minimum atomic E-state index is -0.342. The molecular weight excluding hydrogens is 612 g/mol. The number of furan rings is 1. The van der Waals surface area contributed by atoms with Crippen LogP contribution in [0.2, 0.25) is 0 Å². The Hall–Kier alpha value is -5.22. The van der Waals surface area contributed by atoms with Gasteiger partial charge in [0.15, 0.2) is 23.9 Å². The first-order chi connectivity index (χ1) is 21.0. The first-order valence-corrected chi connectivity index (χ1v) is 14.3. The highest BCUT2D eigenvalue weighted by atomic mass is 79.9. The average molecular weight is 637 g/mol. The summed E-state index contributed by atoms with van der Waals surface area (Å²) in [5.74, 6) is 1.15. The Bertz CT molecular complexity index is 2000. The van der Waals surface area contributed by atoms with Gasteiger partial charge in [0.25, 0.3) is 11.5 Å². The molecule has 2 heterocycles. The monoisotopic (exact) mass is 636 g/mol. The van der Waals surface area contributed by atoms with Gasteiger partial charge in [-0.1, -0.05) is 48.5 Å². The lowest BCUT2D eigenvalue weighted by Gasteiger charge is -2.14. The van der Waals surface area contributed by atoms with Crippen LogP contribution in [0.5, 0.6) is 11.5 Å². The second-order valence-corrected chi connectivity index (χ2v) is 10.3. The molecule has 2 aromatic heterocycles. The molecule has 0 fully saturated rings. The molecule has 6 rings (SSSR count). The Labute approximate surface area is 254 Å². The lowest BCUT2D eigenvalue weighted by Crippen LogP contribution is -2.20. The number of hydrogen-bond donors (Lipinski definition) is 1. The Morgan fingerprint density at radius 2 is 1.77 bits per heavy atom. The summed E-state index contributed by atoms with van der Waals surface area (Å²) in [6.45, 7) is 1.99. The number of rotatable bonds is 9. The van der Waals surface area contributed by atoms with E-state index >= 15 is 0 Å². The zero-order chi connectivity index (χ0) is 29.8. The number of hydrogen-bond acceptors (Lipinski definition) is 7. The van der Waals surface area contributed by atoms with Crippen LogP contribution in [-0.4, -0.2) is 35.0 Å². The SMILES string of the molecule is CCOc1cc(C=Nn2c(-c3cc4ccccc4o3)nc3ccccc3c2=O)cc(Br)c1OCC(=O)Nc1ccccc1. The van der Waals surface area contributed by atoms with Gasteiger partial charge < -0.3 is 19.2 Å². The molecule has 43 heavy (non-hydrogen) atoms. The van der Waals surface area contributed by atoms with Crippen LogP contribution in [-0.2, 0) is 4.79 Å². The molecule has 0 spiro atoms. The molecule has 0 aliphatic heterocycles. The van der Waals surface area contributed by atoms with E-state index in [-0.39, 0.29) is 23.9 Å². The maximum Gasteiger partial charge on any atom is 0.282 e. The number of benzene rings is 4. The molecule has 9 nitrogen and oxygen atoms in total. The molecule has 10 heteroatoms. The van der Waals surface area contributed by atoms with Gasteiger partial charge in [0.2, 0.25) is 5.82 Å². The van der Waals surface area contributed by atoms with E-state index < -0.39 is 0 Å². The van der Waals surface area contributed by atoms with Gasteiger partial charge in [-0.05, 0) is 76.9 Å². The molecule has 4 aromatic carbocycles. The smallest absolute Gasteiger partial charge is 0.282 e. The van der Waals surface area contributed by atoms with E-state index in [0.29, 0.717) is 56.1 Å². The second kappa shape index (κ2) is 12.3. The standard InChI is InChI=1S/C33H25BrN4O5/c1-2-41-28-17-21(16-25(34)31(28)42-20-30(39)36-23-11-4-3-5-12-23)19-35-38-32(29-18-22-10-6-9-15-27(22)43-29)37-26-14-8-7-13-24(26)33(38)40/h3-19H,2,20H2,1H3,(H,36,39). The number of para-hydroxylation sites is 3. The van der Waals surface area contributed by atoms with Gasteiger partial charge in [-0.25, -0.2) is 4.98 Å². The van der Waals surface area contributed by atoms with Gasteiger partial charge in [0, 0.05) is 11.1 Å². The highest BCUT2D eigenvalue weighted by molar-refractivity contribution is 9.10. The van der Waals surface area contributed by atoms with Gasteiger partial charge in [0.1, 0.15) is 5.58 Å². The molecule has 0 aliphatic carbocycles. The van der Waals surface area contributed by atoms with Crippen LogP contribution < -0.4 is 20.3 Å². The van der Waals surface area contributed by atoms with Crippen molar-refractivity contribution >= 4 is 55.6 Å². The number of nitrogens with one attached hydrogen (secondary N) is 1. The van der Waals surface area contributed by atoms with Crippen molar-refractivity contribution in [3.05, 3.63) is 117 Å². The van der Waals surface area contributed by atoms with Gasteiger partial charge in [-0.15, -0.1) is 0 Å². The fourth-order valence-electron chi connectivity index (χ4n) is 4.53. The summed E-state index contributed by atoms with van der Waals surface area (Å²) in [5, 5.41) is 8.64. The molecule has 0 radical (unpaired) electrons. The maximum atomic E-state index is 13.6. The number of carbonyl (C=O) groups is 1. The van der Waals surface area contributed by atoms with Crippen molar-refractivity contribution in [3.8, 4) is 23.1 Å². The third-order valence-electron chi connectivity index (χ3n) is 6.46. The summed E-state index contributed by atoms with van der Waals surface area (Å²) in [5.41, 5.74) is 2.16. The number of anilines is 1. The highest BCUT2D eigenvalue weighted by Gasteiger charge is 2.17. The molecule has 0 aliphatic rings. The molecule has 0 saturated heterocycles. The van der Waals surface area contributed by atoms with Crippen molar-refractivity contribution in [1.82, 2.24) is 9.66 Å². The van der Waals surface area contributed by atoms with Gasteiger partial charge in [0.05, 0.1) is 28.2 Å². The van der Waals surface area contributed by atoms with Crippen LogP contribution in [0.25, 0.3) is 33.5 Å². The Morgan fingerprint density at radius 1 is 1.00 bits per heavy atom. The fraction of sp³-hybridized carbons (Fsp3) is 0.0909. The van der Waals surface area contributed by atoms with Crippen molar-refractivity contribution in [3.63, 3.8) is 0 Å². The Kier molecular flexibility index (Phi) is 8.01. The number of fused-ring (bicyclic) bond motifs is 2. The van der Waals surface area contributed by atoms with E-state index in [9.17, 15) is 9.59 Å². The van der Waals surface area contributed by atoms with Crippen LogP contribution in [0.1, 0.15) is 12.5 Å². The van der Waals surface area contributed by atoms with Gasteiger partial charge in [-0.2, -0.15) is 9.78 Å². The van der Waals surface area contributed by atoms with Crippen LogP contribution in [0.3, 0.4) is 0 Å². The second-order valence-electron chi connectivity index (χ2n) is 9.43. The van der Waals surface area contributed by atoms with E-state index in [1.165, 1.54) is 10.9 Å². The van der Waals surface area contributed by atoms with Crippen molar-refractivity contribution < 1.29 is 18.7 Å². The maximum absolute atomic E-state index is 13.6. The minimum absolute atomic E-state index is 0.222. The highest BCUT2D eigenvalue weighted by Crippen LogP contribution is 2.37. The third-order valence-corrected chi connectivity index (χ3v) is 7.05. The molecule has 0 saturated carbocycles. The number of carbonyl (C=O) groups excluding carboxylic acids is 1. The number of amides is 1. The fourth-order valence-corrected chi connectivity index (χ4v) is 5.10. The number of aromatic nitrogens is 2. The molecule has 214 valence electrons. The van der Waals surface area contributed by atoms with Crippen molar-refractivity contribution in [1.29, 1.82) is 0 Å². The molecule has 6 aromatic rings. The van der Waals surface area contributed by atoms with Crippen molar-refractivity contribution in [2.75, 3.05) is 18.5 Å². The van der Waals surface area contributed by atoms with E-state index in [1.54, 1.807) is 42.5 Å². The van der Waals surface area contributed by atoms with Crippen molar-refractivity contribution in [2.24, 2.45) is 5.10 Å². The van der Waals surface area contributed by atoms with Gasteiger partial charge >= 0.3 is 0 Å². The molecule has 1 amide bonds. The zero-order valence-electron chi connectivity index (χ0n) is 23.0. The largest absolute Gasteiger partial charge is 0.490 e. The van der Waals surface area contributed by atoms with Crippen LogP contribution >= 0.6 is 15.9 Å². The topological polar surface area (TPSA) is 108 Å². The van der Waals surface area contributed by atoms with E-state index in [0.717, 1.165) is 5.39 Å². The summed E-state index contributed by atoms with van der Waals surface area (Å²) in [4.78, 5) is 30.8. The van der Waals surface area contributed by atoms with E-state index in [1.807, 2.05) is 61.5 Å². The zero-order valence-corrected chi connectivity index (χ0v) is 24.6. The van der Waals surface area contributed by atoms with Gasteiger partial charge in [-0.3, -0.25) is 9.59 Å². The molecule has 1 N–H and O–H groups in total. The number of ether oxygens (including phenoxy) is 2. The quantitative estimate of drug-likeness (QED) is 0.174. The summed E-state index contributed by atoms with van der Waals surface area (Å²) in [6.07, 6.45) is 1.53. The van der Waals surface area contributed by atoms with Crippen molar-refractivity contribution in [2.45, 2.75) is 6.92 Å². The molecular formula is C33H25BrN4O5. The number of halogens is 1. The van der Waals surface area contributed by atoms with E-state index in [4.69, 9.17) is 18.9 Å². The predicted molar refractivity (Wildman–Crippen MR) is 170 cm³/mol. The molecule has 0 unspecified atom stereocenters. The summed E-state index contributed by atoms with van der Waals surface area (Å²) >= 11 is 3.53. The molecule has 0 atom stereocenters. The van der Waals surface area contributed by atoms with Crippen LogP contribution in [0.15, 0.2) is 116 Å². The minimum Gasteiger partial charge on any atom is -0.490 e. The predicted octanol–water partition coefficient (Wildman–Crippen LogP) is 6.87. The van der Waals surface area contributed by atoms with Crippen LogP contribution in [0, 0.1) is 0 Å². The Balaban J connectivity index is 1.33. The third kappa shape index (κ3) is 6.05. The lowest BCUT2D eigenvalue weighted by molar-refractivity contribution is -0.118. The number of nitrogens with zero attached hydrogens (tertiary/aromatic N) is 3. The summed E-state index contributed by atoms with van der Waals surface area (Å²) < 4.78 is 19.5. The summed E-state index contributed by atoms with van der Waals surface area (Å²) in [6, 6.07) is 29.1. The molecule has 0 bridgehead atoms. The Morgan fingerprint density at radius 3 is 2.58 bits per heavy atom. The van der Waals surface area contributed by atoms with E-state index in [2.05, 4.69) is 26.3 Å². The first kappa shape index (κ1) is 27.9. The average Bonchev–Trinajstić information content (AvgIpc) is 3.45.